The lowest BCUT2D eigenvalue weighted by atomic mass is 10.00. The fourth-order valence-electron chi connectivity index (χ4n) is 11.6. The van der Waals surface area contributed by atoms with Crippen LogP contribution in [0.1, 0.15) is 112 Å². The van der Waals surface area contributed by atoms with E-state index in [1.54, 1.807) is 98.5 Å². The van der Waals surface area contributed by atoms with Crippen LogP contribution in [-0.2, 0) is 50.6 Å². The summed E-state index contributed by atoms with van der Waals surface area (Å²) in [6.07, 6.45) is -12.5. The van der Waals surface area contributed by atoms with Crippen LogP contribution in [0.15, 0.2) is 72.8 Å². The first kappa shape index (κ1) is 69.6. The summed E-state index contributed by atoms with van der Waals surface area (Å²) >= 11 is 17.9. The highest BCUT2D eigenvalue weighted by molar-refractivity contribution is 6.31. The van der Waals surface area contributed by atoms with E-state index in [4.69, 9.17) is 59.5 Å². The Morgan fingerprint density at radius 3 is 1.20 bits per heavy atom. The summed E-state index contributed by atoms with van der Waals surface area (Å²) in [5.41, 5.74) is 3.19. The Balaban J connectivity index is 0.000000166. The molecule has 3 aliphatic heterocycles. The lowest BCUT2D eigenvalue weighted by Crippen LogP contribution is -2.45. The predicted octanol–water partition coefficient (Wildman–Crippen LogP) is 13.9. The highest BCUT2D eigenvalue weighted by Crippen LogP contribution is 2.48. The number of alkyl halides is 9. The summed E-state index contributed by atoms with van der Waals surface area (Å²) in [7, 11) is 0. The number of ether oxygens (including phenoxy) is 4. The number of carbonyl (C=O) groups is 4. The van der Waals surface area contributed by atoms with Gasteiger partial charge in [0.25, 0.3) is 17.7 Å². The SMILES string of the molecule is Cc1c(-c2ccc(Cl)cc2)c(C(=O)N2CCOCC2)n(CC2(N)CC2)c1C(F)(F)F.Cc1c(-c2ccc(Cl)cc2)c(C(=O)N2CCOCC2)n(CC2(NC(=O)OC(C)(C)C)CC2)c1C(F)(F)F.Cc1c(C(F)(F)F)[nH]c(C(=O)N2CCOCC2)c1-c1ccc(Cl)cc1. The Kier molecular flexibility index (Phi) is 20.7. The third-order valence-electron chi connectivity index (χ3n) is 16.4. The number of alkyl carbamates (subject to hydrolysis) is 1. The van der Waals surface area contributed by atoms with Crippen LogP contribution in [0.3, 0.4) is 0 Å². The van der Waals surface area contributed by atoms with Crippen molar-refractivity contribution in [2.75, 3.05) is 78.9 Å². The number of aromatic amines is 1. The second-order valence-electron chi connectivity index (χ2n) is 24.4. The largest absolute Gasteiger partial charge is 0.444 e. The van der Waals surface area contributed by atoms with Gasteiger partial charge in [0.1, 0.15) is 39.8 Å². The molecule has 28 heteroatoms. The van der Waals surface area contributed by atoms with Crippen molar-refractivity contribution in [1.82, 2.24) is 34.1 Å². The van der Waals surface area contributed by atoms with Crippen molar-refractivity contribution in [3.63, 3.8) is 0 Å². The van der Waals surface area contributed by atoms with Gasteiger partial charge in [0.15, 0.2) is 0 Å². The molecular formula is C64H70Cl3F9N8O8. The van der Waals surface area contributed by atoms with E-state index < -0.39 is 76.1 Å². The van der Waals surface area contributed by atoms with Gasteiger partial charge in [-0.05, 0) is 137 Å². The normalized spacial score (nSPS) is 17.3. The molecule has 0 bridgehead atoms. The zero-order valence-electron chi connectivity index (χ0n) is 51.3. The molecule has 3 saturated heterocycles. The van der Waals surface area contributed by atoms with E-state index in [2.05, 4.69) is 10.3 Å². The number of rotatable bonds is 11. The number of amides is 4. The minimum atomic E-state index is -4.74. The van der Waals surface area contributed by atoms with Gasteiger partial charge in [-0.3, -0.25) is 14.4 Å². The van der Waals surface area contributed by atoms with Crippen LogP contribution in [0.4, 0.5) is 44.3 Å². The summed E-state index contributed by atoms with van der Waals surface area (Å²) in [5, 5.41) is 4.12. The molecule has 16 nitrogen and oxygen atoms in total. The van der Waals surface area contributed by atoms with Crippen molar-refractivity contribution in [2.24, 2.45) is 5.73 Å². The summed E-state index contributed by atoms with van der Waals surface area (Å²) in [6, 6.07) is 19.2. The maximum atomic E-state index is 14.6. The molecule has 4 amide bonds. The maximum absolute atomic E-state index is 14.6. The highest BCUT2D eigenvalue weighted by Gasteiger charge is 2.51. The van der Waals surface area contributed by atoms with Crippen molar-refractivity contribution < 1.29 is 77.6 Å². The summed E-state index contributed by atoms with van der Waals surface area (Å²) in [6.45, 7) is 12.9. The van der Waals surface area contributed by atoms with Gasteiger partial charge in [-0.15, -0.1) is 0 Å². The average Bonchev–Trinajstić information content (AvgIpc) is 1.59. The molecule has 3 aromatic carbocycles. The van der Waals surface area contributed by atoms with Gasteiger partial charge in [-0.1, -0.05) is 71.2 Å². The fourth-order valence-corrected chi connectivity index (χ4v) is 12.0. The number of carbonyl (C=O) groups excluding carboxylic acids is 4. The molecule has 4 N–H and O–H groups in total. The molecule has 0 atom stereocenters. The molecule has 6 heterocycles. The van der Waals surface area contributed by atoms with Crippen LogP contribution in [0.2, 0.25) is 15.1 Å². The molecule has 5 fully saturated rings. The third kappa shape index (κ3) is 16.1. The Bertz CT molecular complexity index is 3660. The van der Waals surface area contributed by atoms with Gasteiger partial charge >= 0.3 is 24.6 Å². The molecule has 0 unspecified atom stereocenters. The number of H-pyrrole nitrogens is 1. The summed E-state index contributed by atoms with van der Waals surface area (Å²) in [5.74, 6) is -1.42. The van der Waals surface area contributed by atoms with E-state index in [1.807, 2.05) is 0 Å². The zero-order chi connectivity index (χ0) is 67.0. The van der Waals surface area contributed by atoms with Crippen molar-refractivity contribution in [2.45, 2.75) is 116 Å². The van der Waals surface area contributed by atoms with E-state index >= 15 is 0 Å². The first-order chi connectivity index (χ1) is 43.1. The lowest BCUT2D eigenvalue weighted by Gasteiger charge is -2.29. The third-order valence-corrected chi connectivity index (χ3v) is 17.2. The molecule has 11 rings (SSSR count). The minimum absolute atomic E-state index is 0.00793. The first-order valence-corrected chi connectivity index (χ1v) is 30.8. The number of morpholine rings is 3. The van der Waals surface area contributed by atoms with E-state index in [0.29, 0.717) is 123 Å². The number of hydrogen-bond donors (Lipinski definition) is 3. The number of aromatic nitrogens is 3. The molecule has 0 radical (unpaired) electrons. The summed E-state index contributed by atoms with van der Waals surface area (Å²) < 4.78 is 150. The van der Waals surface area contributed by atoms with Crippen LogP contribution in [0.25, 0.3) is 33.4 Å². The van der Waals surface area contributed by atoms with Gasteiger partial charge in [0, 0.05) is 89.7 Å². The second kappa shape index (κ2) is 27.3. The monoisotopic (exact) mass is 1350 g/mol. The number of halogens is 12. The van der Waals surface area contributed by atoms with E-state index in [0.717, 1.165) is 9.13 Å². The van der Waals surface area contributed by atoms with Gasteiger partial charge in [-0.25, -0.2) is 4.79 Å². The first-order valence-electron chi connectivity index (χ1n) is 29.7. The number of benzene rings is 3. The molecular weight excluding hydrogens is 1290 g/mol. The van der Waals surface area contributed by atoms with Crippen LogP contribution in [0.5, 0.6) is 0 Å². The number of hydrogen-bond acceptors (Lipinski definition) is 9. The van der Waals surface area contributed by atoms with Crippen molar-refractivity contribution >= 4 is 58.6 Å². The smallest absolute Gasteiger partial charge is 0.431 e. The van der Waals surface area contributed by atoms with E-state index in [-0.39, 0.29) is 76.6 Å². The molecule has 6 aromatic rings. The number of nitrogens with zero attached hydrogens (tertiary/aromatic N) is 5. The molecule has 498 valence electrons. The molecule has 0 spiro atoms. The predicted molar refractivity (Wildman–Crippen MR) is 328 cm³/mol. The second-order valence-corrected chi connectivity index (χ2v) is 25.7. The van der Waals surface area contributed by atoms with Gasteiger partial charge in [0.05, 0.1) is 45.2 Å². The highest BCUT2D eigenvalue weighted by atomic mass is 35.5. The maximum Gasteiger partial charge on any atom is 0.431 e. The quantitative estimate of drug-likeness (QED) is 0.106. The standard InChI is InChI=1S/C26H31ClF3N3O4.C21H23ClF3N3O2.C17H16ClF3N2O2/c1-16-19(17-5-7-18(27)8-6-17)20(22(34)32-11-13-36-14-12-32)33(21(16)26(28,29)30)15-25(9-10-25)31-23(35)37-24(2,3)4;1-13-16(14-2-4-15(22)5-3-14)17(19(29)27-8-10-30-11-9-27)28(12-20(26)6-7-20)18(13)21(23,24)25;1-10-13(11-2-4-12(18)5-3-11)14(22-15(10)17(19,20)21)16(24)23-6-8-25-9-7-23/h5-8H,9-15H2,1-4H3,(H,31,35);2-5H,6-12,26H2,1H3;2-5,22H,6-9H2,1H3. The topological polar surface area (TPSA) is 179 Å². The van der Waals surface area contributed by atoms with Crippen molar-refractivity contribution in [1.29, 1.82) is 0 Å². The fraction of sp³-hybridized carbons (Fsp3) is 0.469. The minimum Gasteiger partial charge on any atom is -0.444 e. The number of nitrogens with one attached hydrogen (secondary N) is 2. The zero-order valence-corrected chi connectivity index (χ0v) is 53.5. The van der Waals surface area contributed by atoms with Gasteiger partial charge < -0.3 is 58.8 Å². The average molecular weight is 1360 g/mol. The van der Waals surface area contributed by atoms with Gasteiger partial charge in [-0.2, -0.15) is 39.5 Å². The van der Waals surface area contributed by atoms with Crippen LogP contribution in [-0.4, -0.2) is 148 Å². The Morgan fingerprint density at radius 1 is 0.522 bits per heavy atom. The van der Waals surface area contributed by atoms with Crippen LogP contribution in [0, 0.1) is 20.8 Å². The Morgan fingerprint density at radius 2 is 0.870 bits per heavy atom. The molecule has 2 aliphatic carbocycles. The molecule has 92 heavy (non-hydrogen) atoms. The van der Waals surface area contributed by atoms with Crippen molar-refractivity contribution in [3.05, 3.63) is 139 Å². The molecule has 5 aliphatic rings. The van der Waals surface area contributed by atoms with Crippen LogP contribution >= 0.6 is 34.8 Å². The lowest BCUT2D eigenvalue weighted by molar-refractivity contribution is -0.145. The van der Waals surface area contributed by atoms with E-state index in [1.165, 1.54) is 30.6 Å². The molecule has 3 aromatic heterocycles. The molecule has 2 saturated carbocycles. The van der Waals surface area contributed by atoms with Gasteiger partial charge in [0.2, 0.25) is 0 Å². The Labute approximate surface area is 540 Å². The summed E-state index contributed by atoms with van der Waals surface area (Å²) in [4.78, 5) is 59.5. The van der Waals surface area contributed by atoms with Crippen molar-refractivity contribution in [3.8, 4) is 33.4 Å². The van der Waals surface area contributed by atoms with E-state index in [9.17, 15) is 58.7 Å². The number of nitrogens with two attached hydrogens (primary N) is 1. The van der Waals surface area contributed by atoms with Crippen LogP contribution < -0.4 is 11.1 Å². The Hall–Kier alpha value is -6.74.